The van der Waals surface area contributed by atoms with Crippen LogP contribution in [0.1, 0.15) is 26.2 Å². The fourth-order valence-electron chi connectivity index (χ4n) is 3.05. The number of hydrogen-bond donors (Lipinski definition) is 0. The van der Waals surface area contributed by atoms with E-state index in [-0.39, 0.29) is 24.1 Å². The molecule has 0 spiro atoms. The van der Waals surface area contributed by atoms with Crippen molar-refractivity contribution in [3.8, 4) is 0 Å². The van der Waals surface area contributed by atoms with Crippen molar-refractivity contribution in [2.75, 3.05) is 6.54 Å². The maximum atomic E-state index is 12.6. The molecule has 1 fully saturated rings. The lowest BCUT2D eigenvalue weighted by atomic mass is 10.0. The molecule has 118 valence electrons. The van der Waals surface area contributed by atoms with Crippen molar-refractivity contribution in [2.24, 2.45) is 7.05 Å². The summed E-state index contributed by atoms with van der Waals surface area (Å²) >= 11 is 1.30. The molecule has 3 heterocycles. The number of rotatable bonds is 2. The standard InChI is InChI=1S/C15H19N3O3S/c1-10-5-3-4-7-17(10)12(19)9-18-11-6-8-22-13(11)14(20)16(2)15(18)21/h6,8,10H,3-5,7,9H2,1-2H3/t10-/m0/s1. The summed E-state index contributed by atoms with van der Waals surface area (Å²) in [5.74, 6) is -0.0551. The largest absolute Gasteiger partial charge is 0.338 e. The maximum Gasteiger partial charge on any atom is 0.331 e. The van der Waals surface area contributed by atoms with Crippen LogP contribution >= 0.6 is 11.3 Å². The minimum absolute atomic E-state index is 0.00940. The molecule has 1 aliphatic rings. The quantitative estimate of drug-likeness (QED) is 0.834. The highest BCUT2D eigenvalue weighted by atomic mass is 32.1. The first-order valence-corrected chi connectivity index (χ1v) is 8.35. The molecule has 0 aliphatic carbocycles. The Bertz CT molecular complexity index is 833. The summed E-state index contributed by atoms with van der Waals surface area (Å²) < 4.78 is 3.00. The van der Waals surface area contributed by atoms with E-state index in [4.69, 9.17) is 0 Å². The predicted molar refractivity (Wildman–Crippen MR) is 86.4 cm³/mol. The zero-order valence-electron chi connectivity index (χ0n) is 12.7. The third kappa shape index (κ3) is 2.39. The molecule has 1 aliphatic heterocycles. The lowest BCUT2D eigenvalue weighted by Crippen LogP contribution is -2.46. The molecule has 0 radical (unpaired) electrons. The van der Waals surface area contributed by atoms with Gasteiger partial charge in [0.15, 0.2) is 0 Å². The molecule has 1 atom stereocenters. The van der Waals surface area contributed by atoms with Crippen LogP contribution in [-0.2, 0) is 18.4 Å². The van der Waals surface area contributed by atoms with E-state index < -0.39 is 5.69 Å². The van der Waals surface area contributed by atoms with E-state index in [0.717, 1.165) is 30.4 Å². The molecule has 22 heavy (non-hydrogen) atoms. The number of hydrogen-bond acceptors (Lipinski definition) is 4. The number of likely N-dealkylation sites (tertiary alicyclic amines) is 1. The second-order valence-corrected chi connectivity index (χ2v) is 6.72. The minimum atomic E-state index is -0.436. The lowest BCUT2D eigenvalue weighted by molar-refractivity contribution is -0.135. The van der Waals surface area contributed by atoms with E-state index in [2.05, 4.69) is 0 Å². The Balaban J connectivity index is 2.00. The van der Waals surface area contributed by atoms with Crippen LogP contribution in [0.25, 0.3) is 10.2 Å². The molecule has 0 aromatic carbocycles. The van der Waals surface area contributed by atoms with Crippen LogP contribution in [0.3, 0.4) is 0 Å². The second-order valence-electron chi connectivity index (χ2n) is 5.80. The van der Waals surface area contributed by atoms with Gasteiger partial charge in [0.2, 0.25) is 5.91 Å². The van der Waals surface area contributed by atoms with Gasteiger partial charge in [-0.05, 0) is 37.6 Å². The van der Waals surface area contributed by atoms with Gasteiger partial charge in [0.25, 0.3) is 5.56 Å². The number of piperidine rings is 1. The zero-order chi connectivity index (χ0) is 15.9. The van der Waals surface area contributed by atoms with Crippen LogP contribution < -0.4 is 11.2 Å². The Morgan fingerprint density at radius 1 is 1.36 bits per heavy atom. The molecule has 2 aromatic heterocycles. The summed E-state index contributed by atoms with van der Waals surface area (Å²) in [6.07, 6.45) is 3.15. The first kappa shape index (κ1) is 15.0. The fraction of sp³-hybridized carbons (Fsp3) is 0.533. The van der Waals surface area contributed by atoms with Crippen molar-refractivity contribution in [1.29, 1.82) is 0 Å². The monoisotopic (exact) mass is 321 g/mol. The summed E-state index contributed by atoms with van der Waals surface area (Å²) in [4.78, 5) is 38.8. The SMILES string of the molecule is C[C@H]1CCCCN1C(=O)Cn1c(=O)n(C)c(=O)c2sccc21. The fourth-order valence-corrected chi connectivity index (χ4v) is 3.92. The van der Waals surface area contributed by atoms with Crippen LogP contribution in [0, 0.1) is 0 Å². The topological polar surface area (TPSA) is 64.3 Å². The van der Waals surface area contributed by atoms with E-state index in [1.807, 2.05) is 11.8 Å². The van der Waals surface area contributed by atoms with Gasteiger partial charge in [0.05, 0.1) is 5.52 Å². The molecule has 0 saturated carbocycles. The van der Waals surface area contributed by atoms with E-state index in [0.29, 0.717) is 10.2 Å². The Labute approximate surface area is 131 Å². The molecule has 6 nitrogen and oxygen atoms in total. The minimum Gasteiger partial charge on any atom is -0.338 e. The van der Waals surface area contributed by atoms with Gasteiger partial charge in [0, 0.05) is 19.6 Å². The van der Waals surface area contributed by atoms with Crippen molar-refractivity contribution >= 4 is 27.5 Å². The highest BCUT2D eigenvalue weighted by Crippen LogP contribution is 2.18. The number of fused-ring (bicyclic) bond motifs is 1. The smallest absolute Gasteiger partial charge is 0.331 e. The van der Waals surface area contributed by atoms with E-state index in [1.54, 1.807) is 11.4 Å². The van der Waals surface area contributed by atoms with E-state index in [1.165, 1.54) is 23.0 Å². The summed E-state index contributed by atoms with van der Waals surface area (Å²) in [7, 11) is 1.45. The number of carbonyl (C=O) groups excluding carboxylic acids is 1. The van der Waals surface area contributed by atoms with E-state index >= 15 is 0 Å². The molecule has 0 N–H and O–H groups in total. The predicted octanol–water partition coefficient (Wildman–Crippen LogP) is 1.16. The number of carbonyl (C=O) groups is 1. The van der Waals surface area contributed by atoms with Gasteiger partial charge in [-0.15, -0.1) is 11.3 Å². The molecule has 7 heteroatoms. The highest BCUT2D eigenvalue weighted by molar-refractivity contribution is 7.17. The molecular formula is C15H19N3O3S. The van der Waals surface area contributed by atoms with Crippen molar-refractivity contribution < 1.29 is 4.79 Å². The van der Waals surface area contributed by atoms with Gasteiger partial charge in [-0.25, -0.2) is 4.79 Å². The Kier molecular flexibility index (Phi) is 3.90. The summed E-state index contributed by atoms with van der Waals surface area (Å²) in [5, 5.41) is 1.77. The number of amides is 1. The van der Waals surface area contributed by atoms with Gasteiger partial charge >= 0.3 is 5.69 Å². The summed E-state index contributed by atoms with van der Waals surface area (Å²) in [6, 6.07) is 1.94. The van der Waals surface area contributed by atoms with Crippen molar-refractivity contribution in [1.82, 2.24) is 14.0 Å². The molecule has 1 amide bonds. The lowest BCUT2D eigenvalue weighted by Gasteiger charge is -2.33. The Morgan fingerprint density at radius 3 is 2.86 bits per heavy atom. The maximum absolute atomic E-state index is 12.6. The van der Waals surface area contributed by atoms with Crippen LogP contribution in [0.5, 0.6) is 0 Å². The van der Waals surface area contributed by atoms with Crippen molar-refractivity contribution in [3.05, 3.63) is 32.3 Å². The normalized spacial score (nSPS) is 18.8. The molecule has 3 rings (SSSR count). The third-order valence-electron chi connectivity index (χ3n) is 4.37. The molecule has 2 aromatic rings. The van der Waals surface area contributed by atoms with Crippen LogP contribution in [0.15, 0.2) is 21.0 Å². The highest BCUT2D eigenvalue weighted by Gasteiger charge is 2.24. The van der Waals surface area contributed by atoms with Crippen LogP contribution in [-0.4, -0.2) is 32.5 Å². The number of nitrogens with zero attached hydrogens (tertiary/aromatic N) is 3. The van der Waals surface area contributed by atoms with Gasteiger partial charge in [-0.2, -0.15) is 0 Å². The van der Waals surface area contributed by atoms with Gasteiger partial charge in [-0.1, -0.05) is 0 Å². The average Bonchev–Trinajstić information content (AvgIpc) is 2.99. The molecule has 1 saturated heterocycles. The second kappa shape index (κ2) is 5.72. The van der Waals surface area contributed by atoms with Crippen LogP contribution in [0.2, 0.25) is 0 Å². The first-order valence-electron chi connectivity index (χ1n) is 7.47. The summed E-state index contributed by atoms with van der Waals surface area (Å²) in [6.45, 7) is 2.78. The zero-order valence-corrected chi connectivity index (χ0v) is 13.6. The molecule has 0 unspecified atom stereocenters. The van der Waals surface area contributed by atoms with Gasteiger partial charge in [0.1, 0.15) is 11.2 Å². The average molecular weight is 321 g/mol. The van der Waals surface area contributed by atoms with Crippen molar-refractivity contribution in [2.45, 2.75) is 38.8 Å². The Hall–Kier alpha value is -1.89. The summed E-state index contributed by atoms with van der Waals surface area (Å²) in [5.41, 5.74) is -0.185. The van der Waals surface area contributed by atoms with Crippen LogP contribution in [0.4, 0.5) is 0 Å². The molecule has 0 bridgehead atoms. The van der Waals surface area contributed by atoms with Gasteiger partial charge < -0.3 is 4.90 Å². The first-order chi connectivity index (χ1) is 10.5. The number of thiophene rings is 1. The Morgan fingerprint density at radius 2 is 2.14 bits per heavy atom. The van der Waals surface area contributed by atoms with E-state index in [9.17, 15) is 14.4 Å². The van der Waals surface area contributed by atoms with Crippen molar-refractivity contribution in [3.63, 3.8) is 0 Å². The third-order valence-corrected chi connectivity index (χ3v) is 5.26. The number of aromatic nitrogens is 2. The molecular weight excluding hydrogens is 302 g/mol. The van der Waals surface area contributed by atoms with Gasteiger partial charge in [-0.3, -0.25) is 18.7 Å².